The molecule has 7 heteroatoms. The van der Waals surface area contributed by atoms with Gasteiger partial charge in [-0.1, -0.05) is 18.2 Å². The number of anilines is 1. The molecule has 0 radical (unpaired) electrons. The summed E-state index contributed by atoms with van der Waals surface area (Å²) in [6, 6.07) is 8.61. The Balaban J connectivity index is 1.57. The Morgan fingerprint density at radius 1 is 1.46 bits per heavy atom. The van der Waals surface area contributed by atoms with E-state index in [1.54, 1.807) is 16.8 Å². The molecule has 1 aliphatic heterocycles. The Hall–Kier alpha value is -1.99. The van der Waals surface area contributed by atoms with E-state index in [1.807, 2.05) is 19.1 Å². The highest BCUT2D eigenvalue weighted by molar-refractivity contribution is 7.80. The van der Waals surface area contributed by atoms with E-state index in [1.165, 1.54) is 6.07 Å². The lowest BCUT2D eigenvalue weighted by atomic mass is 10.2. The minimum Gasteiger partial charge on any atom is -0.376 e. The molecule has 3 rings (SSSR count). The van der Waals surface area contributed by atoms with Crippen molar-refractivity contribution in [3.63, 3.8) is 0 Å². The van der Waals surface area contributed by atoms with Crippen LogP contribution in [0.15, 0.2) is 30.3 Å². The van der Waals surface area contributed by atoms with Gasteiger partial charge in [-0.3, -0.25) is 4.68 Å². The van der Waals surface area contributed by atoms with Crippen LogP contribution in [0, 0.1) is 12.7 Å². The second-order valence-corrected chi connectivity index (χ2v) is 6.30. The predicted octanol–water partition coefficient (Wildman–Crippen LogP) is 2.84. The average molecular weight is 348 g/mol. The largest absolute Gasteiger partial charge is 0.376 e. The molecule has 1 atom stereocenters. The Bertz CT molecular complexity index is 712. The summed E-state index contributed by atoms with van der Waals surface area (Å²) in [5.74, 6) is 0.421. The smallest absolute Gasteiger partial charge is 0.172 e. The van der Waals surface area contributed by atoms with Gasteiger partial charge >= 0.3 is 0 Å². The summed E-state index contributed by atoms with van der Waals surface area (Å²) in [5.41, 5.74) is 1.54. The number of nitrogens with one attached hydrogen (secondary N) is 2. The SMILES string of the molecule is Cc1cc(NC(=S)NCC2CCCO2)nn1Cc1ccccc1F. The topological polar surface area (TPSA) is 51.1 Å². The predicted molar refractivity (Wildman–Crippen MR) is 95.7 cm³/mol. The van der Waals surface area contributed by atoms with E-state index < -0.39 is 0 Å². The van der Waals surface area contributed by atoms with Crippen molar-refractivity contribution >= 4 is 23.1 Å². The lowest BCUT2D eigenvalue weighted by Crippen LogP contribution is -2.34. The average Bonchev–Trinajstić information content (AvgIpc) is 3.18. The van der Waals surface area contributed by atoms with Crippen LogP contribution >= 0.6 is 12.2 Å². The van der Waals surface area contributed by atoms with Gasteiger partial charge in [0, 0.05) is 30.5 Å². The molecule has 24 heavy (non-hydrogen) atoms. The van der Waals surface area contributed by atoms with Crippen LogP contribution in [0.25, 0.3) is 0 Å². The van der Waals surface area contributed by atoms with Crippen molar-refractivity contribution in [1.82, 2.24) is 15.1 Å². The molecular weight excluding hydrogens is 327 g/mol. The maximum atomic E-state index is 13.8. The molecule has 128 valence electrons. The minimum atomic E-state index is -0.226. The van der Waals surface area contributed by atoms with Gasteiger partial charge < -0.3 is 15.4 Å². The molecule has 2 N–H and O–H groups in total. The molecule has 1 aliphatic rings. The highest BCUT2D eigenvalue weighted by Gasteiger charge is 2.15. The van der Waals surface area contributed by atoms with Crippen molar-refractivity contribution in [3.05, 3.63) is 47.4 Å². The van der Waals surface area contributed by atoms with E-state index in [2.05, 4.69) is 15.7 Å². The van der Waals surface area contributed by atoms with Gasteiger partial charge in [-0.25, -0.2) is 4.39 Å². The van der Waals surface area contributed by atoms with Crippen molar-refractivity contribution in [1.29, 1.82) is 0 Å². The molecule has 1 fully saturated rings. The zero-order valence-corrected chi connectivity index (χ0v) is 14.4. The highest BCUT2D eigenvalue weighted by atomic mass is 32.1. The van der Waals surface area contributed by atoms with Crippen LogP contribution in [0.5, 0.6) is 0 Å². The number of aryl methyl sites for hydroxylation is 1. The fourth-order valence-corrected chi connectivity index (χ4v) is 2.88. The Labute approximate surface area is 146 Å². The van der Waals surface area contributed by atoms with Crippen molar-refractivity contribution in [3.8, 4) is 0 Å². The molecule has 2 aromatic rings. The molecule has 1 unspecified atom stereocenters. The van der Waals surface area contributed by atoms with E-state index in [9.17, 15) is 4.39 Å². The van der Waals surface area contributed by atoms with E-state index >= 15 is 0 Å². The lowest BCUT2D eigenvalue weighted by molar-refractivity contribution is 0.114. The summed E-state index contributed by atoms with van der Waals surface area (Å²) < 4.78 is 21.1. The van der Waals surface area contributed by atoms with Gasteiger partial charge in [0.1, 0.15) is 5.82 Å². The molecule has 0 bridgehead atoms. The standard InChI is InChI=1S/C17H21FN4OS/c1-12-9-16(20-17(24)19-10-14-6-4-8-23-14)21-22(12)11-13-5-2-3-7-15(13)18/h2-3,5,7,9,14H,4,6,8,10-11H2,1H3,(H2,19,20,21,24). The maximum absolute atomic E-state index is 13.8. The van der Waals surface area contributed by atoms with Gasteiger partial charge in [0.2, 0.25) is 0 Å². The molecule has 2 heterocycles. The molecule has 5 nitrogen and oxygen atoms in total. The monoisotopic (exact) mass is 348 g/mol. The van der Waals surface area contributed by atoms with Crippen molar-refractivity contribution < 1.29 is 9.13 Å². The summed E-state index contributed by atoms with van der Waals surface area (Å²) in [7, 11) is 0. The van der Waals surface area contributed by atoms with Crippen LogP contribution in [0.3, 0.4) is 0 Å². The van der Waals surface area contributed by atoms with Crippen molar-refractivity contribution in [2.75, 3.05) is 18.5 Å². The molecule has 0 aliphatic carbocycles. The van der Waals surface area contributed by atoms with Crippen molar-refractivity contribution in [2.24, 2.45) is 0 Å². The van der Waals surface area contributed by atoms with Crippen LogP contribution in [0.4, 0.5) is 10.2 Å². The minimum absolute atomic E-state index is 0.226. The summed E-state index contributed by atoms with van der Waals surface area (Å²) in [5, 5.41) is 11.2. The molecule has 0 saturated carbocycles. The van der Waals surface area contributed by atoms with E-state index in [0.29, 0.717) is 29.6 Å². The van der Waals surface area contributed by atoms with Crippen LogP contribution in [-0.2, 0) is 11.3 Å². The van der Waals surface area contributed by atoms with Gasteiger partial charge in [-0.05, 0) is 38.0 Å². The number of hydrogen-bond acceptors (Lipinski definition) is 3. The van der Waals surface area contributed by atoms with Crippen LogP contribution in [-0.4, -0.2) is 34.1 Å². The van der Waals surface area contributed by atoms with E-state index in [4.69, 9.17) is 17.0 Å². The first-order valence-electron chi connectivity index (χ1n) is 8.06. The van der Waals surface area contributed by atoms with Gasteiger partial charge in [0.15, 0.2) is 10.9 Å². The van der Waals surface area contributed by atoms with Crippen LogP contribution in [0.1, 0.15) is 24.1 Å². The summed E-state index contributed by atoms with van der Waals surface area (Å²) in [4.78, 5) is 0. The number of halogens is 1. The Morgan fingerprint density at radius 3 is 3.04 bits per heavy atom. The normalized spacial score (nSPS) is 17.0. The number of ether oxygens (including phenoxy) is 1. The van der Waals surface area contributed by atoms with Gasteiger partial charge in [-0.2, -0.15) is 5.10 Å². The van der Waals surface area contributed by atoms with Gasteiger partial charge in [0.25, 0.3) is 0 Å². The van der Waals surface area contributed by atoms with Gasteiger partial charge in [-0.15, -0.1) is 0 Å². The molecule has 1 saturated heterocycles. The maximum Gasteiger partial charge on any atom is 0.172 e. The number of thiocarbonyl (C=S) groups is 1. The van der Waals surface area contributed by atoms with Gasteiger partial charge in [0.05, 0.1) is 12.6 Å². The van der Waals surface area contributed by atoms with Crippen LogP contribution in [0.2, 0.25) is 0 Å². The van der Waals surface area contributed by atoms with E-state index in [-0.39, 0.29) is 11.9 Å². The third-order valence-corrected chi connectivity index (χ3v) is 4.26. The number of nitrogens with zero attached hydrogens (tertiary/aromatic N) is 2. The number of benzene rings is 1. The zero-order chi connectivity index (χ0) is 16.9. The quantitative estimate of drug-likeness (QED) is 0.814. The zero-order valence-electron chi connectivity index (χ0n) is 13.6. The third kappa shape index (κ3) is 4.30. The second kappa shape index (κ2) is 7.72. The van der Waals surface area contributed by atoms with Crippen LogP contribution < -0.4 is 10.6 Å². The number of rotatable bonds is 5. The molecule has 1 aromatic heterocycles. The molecule has 1 aromatic carbocycles. The van der Waals surface area contributed by atoms with E-state index in [0.717, 1.165) is 25.1 Å². The second-order valence-electron chi connectivity index (χ2n) is 5.89. The molecular formula is C17H21FN4OS. The van der Waals surface area contributed by atoms with Crippen molar-refractivity contribution in [2.45, 2.75) is 32.4 Å². The number of aromatic nitrogens is 2. The first kappa shape index (κ1) is 16.9. The first-order chi connectivity index (χ1) is 11.6. The fraction of sp³-hybridized carbons (Fsp3) is 0.412. The number of hydrogen-bond donors (Lipinski definition) is 2. The molecule has 0 spiro atoms. The summed E-state index contributed by atoms with van der Waals surface area (Å²) in [6.07, 6.45) is 2.39. The summed E-state index contributed by atoms with van der Waals surface area (Å²) >= 11 is 5.29. The Kier molecular flexibility index (Phi) is 5.42. The first-order valence-corrected chi connectivity index (χ1v) is 8.47. The third-order valence-electron chi connectivity index (χ3n) is 4.02. The highest BCUT2D eigenvalue weighted by Crippen LogP contribution is 2.14. The Morgan fingerprint density at radius 2 is 2.29 bits per heavy atom. The molecule has 0 amide bonds. The summed E-state index contributed by atoms with van der Waals surface area (Å²) in [6.45, 7) is 3.84. The lowest BCUT2D eigenvalue weighted by Gasteiger charge is -2.12. The fourth-order valence-electron chi connectivity index (χ4n) is 2.69.